The summed E-state index contributed by atoms with van der Waals surface area (Å²) in [6.07, 6.45) is 0. The van der Waals surface area contributed by atoms with Crippen LogP contribution < -0.4 is 4.74 Å². The monoisotopic (exact) mass is 312 g/mol. The molecule has 7 heteroatoms. The molecule has 0 N–H and O–H groups in total. The first-order valence-electron chi connectivity index (χ1n) is 6.61. The molecule has 0 heterocycles. The minimum atomic E-state index is -0.684. The number of carbonyl (C=O) groups excluding carboxylic acids is 1. The molecule has 0 aliphatic rings. The van der Waals surface area contributed by atoms with E-state index in [1.807, 2.05) is 6.07 Å². The highest BCUT2D eigenvalue weighted by atomic mass is 16.6. The van der Waals surface area contributed by atoms with Gasteiger partial charge in [0.25, 0.3) is 0 Å². The molecule has 0 saturated carbocycles. The van der Waals surface area contributed by atoms with Crippen molar-refractivity contribution in [3.63, 3.8) is 0 Å². The van der Waals surface area contributed by atoms with Crippen LogP contribution in [0.25, 0.3) is 0 Å². The Kier molecular flexibility index (Phi) is 5.25. The number of nitro groups is 1. The van der Waals surface area contributed by atoms with Crippen molar-refractivity contribution in [1.82, 2.24) is 0 Å². The number of hydrogen-bond donors (Lipinski definition) is 0. The highest BCUT2D eigenvalue weighted by Gasteiger charge is 2.15. The average molecular weight is 312 g/mol. The Labute approximate surface area is 131 Å². The van der Waals surface area contributed by atoms with Gasteiger partial charge in [-0.2, -0.15) is 5.26 Å². The van der Waals surface area contributed by atoms with Gasteiger partial charge >= 0.3 is 11.7 Å². The molecule has 0 aliphatic carbocycles. The molecule has 2 aromatic carbocycles. The molecular formula is C16H12N2O5. The molecule has 0 radical (unpaired) electrons. The topological polar surface area (TPSA) is 102 Å². The van der Waals surface area contributed by atoms with Crippen LogP contribution in [0.4, 0.5) is 5.69 Å². The van der Waals surface area contributed by atoms with Gasteiger partial charge in [0.15, 0.2) is 12.4 Å². The summed E-state index contributed by atoms with van der Waals surface area (Å²) >= 11 is 0. The van der Waals surface area contributed by atoms with Gasteiger partial charge in [-0.3, -0.25) is 10.1 Å². The van der Waals surface area contributed by atoms with Crippen molar-refractivity contribution >= 4 is 11.7 Å². The fourth-order valence-corrected chi connectivity index (χ4v) is 1.82. The lowest BCUT2D eigenvalue weighted by Crippen LogP contribution is -2.15. The predicted molar refractivity (Wildman–Crippen MR) is 79.5 cm³/mol. The second-order valence-electron chi connectivity index (χ2n) is 4.44. The molecule has 0 aliphatic heterocycles. The van der Waals surface area contributed by atoms with Crippen molar-refractivity contribution in [2.45, 2.75) is 6.61 Å². The number of carbonyl (C=O) groups is 1. The first-order valence-corrected chi connectivity index (χ1v) is 6.61. The predicted octanol–water partition coefficient (Wildman–Crippen LogP) is 2.59. The summed E-state index contributed by atoms with van der Waals surface area (Å²) in [6.45, 7) is -0.525. The van der Waals surface area contributed by atoms with Crippen molar-refractivity contribution in [3.05, 3.63) is 69.8 Å². The summed E-state index contributed by atoms with van der Waals surface area (Å²) < 4.78 is 10.1. The lowest BCUT2D eigenvalue weighted by Gasteiger charge is -2.08. The van der Waals surface area contributed by atoms with Crippen LogP contribution in [0.15, 0.2) is 48.5 Å². The number of para-hydroxylation sites is 2. The quantitative estimate of drug-likeness (QED) is 0.461. The second kappa shape index (κ2) is 7.56. The number of nitro benzene ring substituents is 1. The second-order valence-corrected chi connectivity index (χ2v) is 4.44. The summed E-state index contributed by atoms with van der Waals surface area (Å²) in [4.78, 5) is 21.9. The minimum absolute atomic E-state index is 0.00752. The molecule has 0 bridgehead atoms. The molecular weight excluding hydrogens is 300 g/mol. The van der Waals surface area contributed by atoms with Crippen LogP contribution in [-0.4, -0.2) is 17.5 Å². The van der Waals surface area contributed by atoms with Gasteiger partial charge in [0.05, 0.1) is 16.6 Å². The molecule has 0 aromatic heterocycles. The van der Waals surface area contributed by atoms with Crippen LogP contribution in [0.3, 0.4) is 0 Å². The molecule has 0 amide bonds. The molecule has 7 nitrogen and oxygen atoms in total. The number of benzene rings is 2. The van der Waals surface area contributed by atoms with Gasteiger partial charge in [-0.1, -0.05) is 30.3 Å². The van der Waals surface area contributed by atoms with E-state index in [4.69, 9.17) is 14.7 Å². The van der Waals surface area contributed by atoms with Crippen molar-refractivity contribution < 1.29 is 19.2 Å². The molecule has 2 aromatic rings. The van der Waals surface area contributed by atoms with Gasteiger partial charge in [0.2, 0.25) is 0 Å². The number of nitrogens with zero attached hydrogens (tertiary/aromatic N) is 2. The van der Waals surface area contributed by atoms with Crippen molar-refractivity contribution in [2.75, 3.05) is 6.61 Å². The summed E-state index contributed by atoms with van der Waals surface area (Å²) in [5, 5.41) is 19.8. The molecule has 0 saturated heterocycles. The molecule has 23 heavy (non-hydrogen) atoms. The molecule has 0 fully saturated rings. The van der Waals surface area contributed by atoms with Crippen LogP contribution in [0.5, 0.6) is 5.75 Å². The van der Waals surface area contributed by atoms with Gasteiger partial charge in [-0.25, -0.2) is 4.79 Å². The number of ether oxygens (including phenoxy) is 2. The van der Waals surface area contributed by atoms with Gasteiger partial charge in [0, 0.05) is 11.6 Å². The fraction of sp³-hybridized carbons (Fsp3) is 0.125. The Morgan fingerprint density at radius 1 is 1.17 bits per heavy atom. The van der Waals surface area contributed by atoms with Crippen molar-refractivity contribution in [2.24, 2.45) is 0 Å². The minimum Gasteiger partial charge on any atom is -0.475 e. The van der Waals surface area contributed by atoms with Crippen LogP contribution >= 0.6 is 0 Å². The van der Waals surface area contributed by atoms with E-state index in [1.165, 1.54) is 18.2 Å². The maximum Gasteiger partial charge on any atom is 0.344 e. The third-order valence-electron chi connectivity index (χ3n) is 2.93. The summed E-state index contributed by atoms with van der Waals surface area (Å²) in [5.41, 5.74) is 0.768. The standard InChI is InChI=1S/C16H12N2O5/c17-9-12-5-1-2-6-13(12)10-23-16(19)11-22-15-8-4-3-7-14(15)18(20)21/h1-8H,10-11H2. The van der Waals surface area contributed by atoms with E-state index in [1.54, 1.807) is 30.3 Å². The van der Waals surface area contributed by atoms with Gasteiger partial charge in [-0.15, -0.1) is 0 Å². The fourth-order valence-electron chi connectivity index (χ4n) is 1.82. The lowest BCUT2D eigenvalue weighted by molar-refractivity contribution is -0.385. The van der Waals surface area contributed by atoms with E-state index < -0.39 is 17.5 Å². The number of hydrogen-bond acceptors (Lipinski definition) is 6. The largest absolute Gasteiger partial charge is 0.475 e. The first-order chi connectivity index (χ1) is 11.1. The maximum atomic E-state index is 11.7. The van der Waals surface area contributed by atoms with E-state index in [0.29, 0.717) is 11.1 Å². The number of nitriles is 1. The third kappa shape index (κ3) is 4.28. The van der Waals surface area contributed by atoms with E-state index in [9.17, 15) is 14.9 Å². The molecule has 116 valence electrons. The lowest BCUT2D eigenvalue weighted by atomic mass is 10.1. The molecule has 2 rings (SSSR count). The van der Waals surface area contributed by atoms with Crippen LogP contribution in [0, 0.1) is 21.4 Å². The van der Waals surface area contributed by atoms with Crippen molar-refractivity contribution in [1.29, 1.82) is 5.26 Å². The van der Waals surface area contributed by atoms with E-state index in [0.717, 1.165) is 0 Å². The number of rotatable bonds is 6. The molecule has 0 atom stereocenters. The number of esters is 1. The average Bonchev–Trinajstić information content (AvgIpc) is 2.58. The van der Waals surface area contributed by atoms with Crippen LogP contribution in [0.1, 0.15) is 11.1 Å². The summed E-state index contributed by atoms with van der Waals surface area (Å²) in [6, 6.07) is 14.5. The SMILES string of the molecule is N#Cc1ccccc1COC(=O)COc1ccccc1[N+](=O)[O-]. The van der Waals surface area contributed by atoms with E-state index in [2.05, 4.69) is 0 Å². The first kappa shape index (κ1) is 16.0. The summed E-state index contributed by atoms with van der Waals surface area (Å²) in [7, 11) is 0. The highest BCUT2D eigenvalue weighted by molar-refractivity contribution is 5.71. The smallest absolute Gasteiger partial charge is 0.344 e. The van der Waals surface area contributed by atoms with Crippen LogP contribution in [-0.2, 0) is 16.1 Å². The highest BCUT2D eigenvalue weighted by Crippen LogP contribution is 2.25. The van der Waals surface area contributed by atoms with Crippen LogP contribution in [0.2, 0.25) is 0 Å². The Hall–Kier alpha value is -3.40. The Bertz CT molecular complexity index is 767. The van der Waals surface area contributed by atoms with Gasteiger partial charge in [-0.05, 0) is 12.1 Å². The third-order valence-corrected chi connectivity index (χ3v) is 2.93. The van der Waals surface area contributed by atoms with Gasteiger partial charge < -0.3 is 9.47 Å². The normalized spacial score (nSPS) is 9.70. The Balaban J connectivity index is 1.91. The van der Waals surface area contributed by atoms with Crippen molar-refractivity contribution in [3.8, 4) is 11.8 Å². The zero-order chi connectivity index (χ0) is 16.7. The summed E-state index contributed by atoms with van der Waals surface area (Å²) in [5.74, 6) is -0.692. The zero-order valence-corrected chi connectivity index (χ0v) is 12.0. The molecule has 0 spiro atoms. The van der Waals surface area contributed by atoms with E-state index >= 15 is 0 Å². The Morgan fingerprint density at radius 3 is 2.61 bits per heavy atom. The van der Waals surface area contributed by atoms with Gasteiger partial charge in [0.1, 0.15) is 6.61 Å². The van der Waals surface area contributed by atoms with E-state index in [-0.39, 0.29) is 18.0 Å². The molecule has 0 unspecified atom stereocenters. The zero-order valence-electron chi connectivity index (χ0n) is 12.0. The Morgan fingerprint density at radius 2 is 1.87 bits per heavy atom. The maximum absolute atomic E-state index is 11.7.